The monoisotopic (exact) mass is 549 g/mol. The maximum absolute atomic E-state index is 12.4. The second-order valence-corrected chi connectivity index (χ2v) is 11.1. The summed E-state index contributed by atoms with van der Waals surface area (Å²) in [5, 5.41) is 20.2. The van der Waals surface area contributed by atoms with Crippen LogP contribution in [0.2, 0.25) is 0 Å². The Balaban J connectivity index is 1.39. The first-order chi connectivity index (χ1) is 17.9. The van der Waals surface area contributed by atoms with Crippen LogP contribution in [0.5, 0.6) is 5.75 Å². The number of Topliss-reactive ketones (excluding diaryl/α,β-unsaturated/α-hetero) is 1. The average molecular weight is 550 g/mol. The molecular weight excluding hydrogens is 519 g/mol. The quantitative estimate of drug-likeness (QED) is 0.219. The van der Waals surface area contributed by atoms with Crippen LogP contribution in [0.4, 0.5) is 19.0 Å². The van der Waals surface area contributed by atoms with Gasteiger partial charge >= 0.3 is 6.36 Å². The molecule has 0 spiro atoms. The number of nitrogens with zero attached hydrogens (tertiary/aromatic N) is 4. The molecule has 0 aliphatic heterocycles. The van der Waals surface area contributed by atoms with E-state index in [1.54, 1.807) is 12.1 Å². The van der Waals surface area contributed by atoms with Crippen molar-refractivity contribution in [2.24, 2.45) is 5.41 Å². The molecule has 1 N–H and O–H groups in total. The minimum atomic E-state index is -4.80. The van der Waals surface area contributed by atoms with Gasteiger partial charge in [0.25, 0.3) is 0 Å². The maximum atomic E-state index is 12.4. The van der Waals surface area contributed by atoms with Crippen LogP contribution in [-0.2, 0) is 24.1 Å². The van der Waals surface area contributed by atoms with Gasteiger partial charge in [0, 0.05) is 12.8 Å². The molecule has 0 aliphatic carbocycles. The van der Waals surface area contributed by atoms with E-state index in [0.29, 0.717) is 23.4 Å². The Morgan fingerprint density at radius 1 is 0.974 bits per heavy atom. The molecule has 12 heteroatoms. The Morgan fingerprint density at radius 3 is 2.42 bits per heavy atom. The number of aryl methyl sites for hydroxylation is 2. The Labute approximate surface area is 223 Å². The van der Waals surface area contributed by atoms with Gasteiger partial charge in [0.05, 0.1) is 12.1 Å². The molecule has 0 atom stereocenters. The lowest BCUT2D eigenvalue weighted by Crippen LogP contribution is -2.18. The summed E-state index contributed by atoms with van der Waals surface area (Å²) in [5.74, 6) is -0.540. The number of carbonyl (C=O) groups excluding carboxylic acids is 2. The molecule has 3 aromatic rings. The van der Waals surface area contributed by atoms with E-state index in [9.17, 15) is 22.8 Å². The van der Waals surface area contributed by atoms with E-state index in [1.807, 2.05) is 0 Å². The van der Waals surface area contributed by atoms with E-state index < -0.39 is 12.3 Å². The summed E-state index contributed by atoms with van der Waals surface area (Å²) in [6.07, 6.45) is -0.577. The Bertz CT molecular complexity index is 1220. The topological polar surface area (TPSA) is 107 Å². The van der Waals surface area contributed by atoms with Crippen LogP contribution < -0.4 is 10.1 Å². The standard InChI is InChI=1S/C26H30F3N5O3S/c1-25(2,3)14-13-20(35)24-34-33-23(38-24)10-5-4-8-18-11-12-21(32-31-18)30-22(36)16-17-7-6-9-19(15-17)37-26(27,28)29/h6-7,9,11-12,15H,4-5,8,10,13-14,16H2,1-3H3,(H,30,32,36). The zero-order valence-corrected chi connectivity index (χ0v) is 22.3. The second-order valence-electron chi connectivity index (χ2n) is 10.0. The lowest BCUT2D eigenvalue weighted by molar-refractivity contribution is -0.274. The van der Waals surface area contributed by atoms with E-state index in [4.69, 9.17) is 0 Å². The van der Waals surface area contributed by atoms with Gasteiger partial charge < -0.3 is 10.1 Å². The third kappa shape index (κ3) is 10.5. The number of unbranched alkanes of at least 4 members (excludes halogenated alkanes) is 1. The number of halogens is 3. The van der Waals surface area contributed by atoms with Crippen molar-refractivity contribution in [3.05, 3.63) is 57.7 Å². The summed E-state index contributed by atoms with van der Waals surface area (Å²) in [6.45, 7) is 6.30. The molecule has 0 saturated heterocycles. The number of hydrogen-bond acceptors (Lipinski definition) is 8. The predicted octanol–water partition coefficient (Wildman–Crippen LogP) is 5.98. The number of hydrogen-bond donors (Lipinski definition) is 1. The molecule has 204 valence electrons. The molecule has 2 heterocycles. The maximum Gasteiger partial charge on any atom is 0.573 e. The summed E-state index contributed by atoms with van der Waals surface area (Å²) in [5.41, 5.74) is 1.22. The highest BCUT2D eigenvalue weighted by molar-refractivity contribution is 7.13. The second kappa shape index (κ2) is 12.9. The number of ether oxygens (including phenoxy) is 1. The average Bonchev–Trinajstić information content (AvgIpc) is 3.29. The first-order valence-corrected chi connectivity index (χ1v) is 13.0. The molecule has 0 unspecified atom stereocenters. The minimum Gasteiger partial charge on any atom is -0.406 e. The Morgan fingerprint density at radius 2 is 1.74 bits per heavy atom. The highest BCUT2D eigenvalue weighted by atomic mass is 32.1. The fraction of sp³-hybridized carbons (Fsp3) is 0.462. The van der Waals surface area contributed by atoms with Crippen LogP contribution in [0.25, 0.3) is 0 Å². The van der Waals surface area contributed by atoms with Gasteiger partial charge in [-0.2, -0.15) is 5.10 Å². The molecule has 0 radical (unpaired) electrons. The summed E-state index contributed by atoms with van der Waals surface area (Å²) in [6, 6.07) is 8.64. The number of benzene rings is 1. The van der Waals surface area contributed by atoms with Crippen molar-refractivity contribution in [3.63, 3.8) is 0 Å². The van der Waals surface area contributed by atoms with E-state index in [-0.39, 0.29) is 29.2 Å². The third-order valence-corrected chi connectivity index (χ3v) is 6.39. The lowest BCUT2D eigenvalue weighted by atomic mass is 9.90. The van der Waals surface area contributed by atoms with Crippen molar-refractivity contribution in [2.45, 2.75) is 72.1 Å². The number of nitrogens with one attached hydrogen (secondary N) is 1. The molecule has 0 aliphatic rings. The van der Waals surface area contributed by atoms with Gasteiger partial charge in [-0.15, -0.1) is 28.5 Å². The molecule has 3 rings (SSSR count). The van der Waals surface area contributed by atoms with Crippen LogP contribution in [-0.4, -0.2) is 38.4 Å². The number of anilines is 1. The summed E-state index contributed by atoms with van der Waals surface area (Å²) in [7, 11) is 0. The van der Waals surface area contributed by atoms with Gasteiger partial charge in [0.2, 0.25) is 5.91 Å². The first kappa shape index (κ1) is 29.2. The number of aromatic nitrogens is 4. The molecule has 38 heavy (non-hydrogen) atoms. The lowest BCUT2D eigenvalue weighted by Gasteiger charge is -2.16. The van der Waals surface area contributed by atoms with Crippen molar-refractivity contribution in [2.75, 3.05) is 5.32 Å². The van der Waals surface area contributed by atoms with Gasteiger partial charge in [0.1, 0.15) is 10.8 Å². The van der Waals surface area contributed by atoms with Gasteiger partial charge in [-0.1, -0.05) is 44.2 Å². The van der Waals surface area contributed by atoms with Gasteiger partial charge in [-0.3, -0.25) is 9.59 Å². The van der Waals surface area contributed by atoms with Crippen LogP contribution in [0.15, 0.2) is 36.4 Å². The number of ketones is 1. The normalized spacial score (nSPS) is 11.8. The van der Waals surface area contributed by atoms with Crippen molar-refractivity contribution in [3.8, 4) is 5.75 Å². The summed E-state index contributed by atoms with van der Waals surface area (Å²) < 4.78 is 41.0. The smallest absolute Gasteiger partial charge is 0.406 e. The van der Waals surface area contributed by atoms with E-state index in [2.05, 4.69) is 51.2 Å². The van der Waals surface area contributed by atoms with Crippen LogP contribution in [0.1, 0.15) is 72.5 Å². The molecule has 0 fully saturated rings. The van der Waals surface area contributed by atoms with E-state index in [0.717, 1.165) is 42.5 Å². The predicted molar refractivity (Wildman–Crippen MR) is 137 cm³/mol. The first-order valence-electron chi connectivity index (χ1n) is 12.2. The molecule has 2 aromatic heterocycles. The Kier molecular flexibility index (Phi) is 9.90. The highest BCUT2D eigenvalue weighted by Gasteiger charge is 2.31. The third-order valence-electron chi connectivity index (χ3n) is 5.36. The fourth-order valence-electron chi connectivity index (χ4n) is 3.43. The molecular formula is C26H30F3N5O3S. The van der Waals surface area contributed by atoms with Crippen molar-refractivity contribution in [1.82, 2.24) is 20.4 Å². The number of amides is 1. The Hall–Kier alpha value is -3.41. The fourth-order valence-corrected chi connectivity index (χ4v) is 4.28. The van der Waals surface area contributed by atoms with Crippen molar-refractivity contribution < 1.29 is 27.5 Å². The highest BCUT2D eigenvalue weighted by Crippen LogP contribution is 2.24. The molecule has 0 saturated carbocycles. The van der Waals surface area contributed by atoms with E-state index in [1.165, 1.54) is 29.5 Å². The zero-order valence-electron chi connectivity index (χ0n) is 21.5. The molecule has 1 aromatic carbocycles. The number of rotatable bonds is 12. The largest absolute Gasteiger partial charge is 0.573 e. The molecule has 8 nitrogen and oxygen atoms in total. The van der Waals surface area contributed by atoms with Crippen molar-refractivity contribution in [1.29, 1.82) is 0 Å². The number of carbonyl (C=O) groups is 2. The van der Waals surface area contributed by atoms with Crippen LogP contribution in [0, 0.1) is 5.41 Å². The van der Waals surface area contributed by atoms with Gasteiger partial charge in [0.15, 0.2) is 16.6 Å². The minimum absolute atomic E-state index is 0.0371. The van der Waals surface area contributed by atoms with Gasteiger partial charge in [-0.25, -0.2) is 0 Å². The van der Waals surface area contributed by atoms with Gasteiger partial charge in [-0.05, 0) is 60.9 Å². The van der Waals surface area contributed by atoms with Crippen LogP contribution >= 0.6 is 11.3 Å². The SMILES string of the molecule is CC(C)(C)CCC(=O)c1nnc(CCCCc2ccc(NC(=O)Cc3cccc(OC(F)(F)F)c3)nn2)s1. The summed E-state index contributed by atoms with van der Waals surface area (Å²) >= 11 is 1.35. The summed E-state index contributed by atoms with van der Waals surface area (Å²) in [4.78, 5) is 24.5. The van der Waals surface area contributed by atoms with Crippen molar-refractivity contribution >= 4 is 28.8 Å². The molecule has 0 bridgehead atoms. The zero-order chi connectivity index (χ0) is 27.8. The number of alkyl halides is 3. The molecule has 1 amide bonds. The van der Waals surface area contributed by atoms with Crippen LogP contribution in [0.3, 0.4) is 0 Å². The van der Waals surface area contributed by atoms with E-state index >= 15 is 0 Å².